The average molecular weight is 312 g/mol. The minimum atomic E-state index is -3.26. The van der Waals surface area contributed by atoms with Gasteiger partial charge in [-0.05, 0) is 0 Å². The molecule has 0 fully saturated rings. The summed E-state index contributed by atoms with van der Waals surface area (Å²) in [6.45, 7) is 0. The molecule has 0 radical (unpaired) electrons. The molecule has 12 heavy (non-hydrogen) atoms. The zero-order valence-corrected chi connectivity index (χ0v) is 8.95. The molecule has 0 aliphatic rings. The van der Waals surface area contributed by atoms with Crippen molar-refractivity contribution in [3.63, 3.8) is 0 Å². The van der Waals surface area contributed by atoms with Crippen LogP contribution in [0.3, 0.4) is 0 Å². The Labute approximate surface area is 92.8 Å². The molecule has 0 atom stereocenters. The number of carboxylic acid groups (broad SMARTS) is 2. The van der Waals surface area contributed by atoms with E-state index in [-0.39, 0.29) is 0 Å². The van der Waals surface area contributed by atoms with Crippen molar-refractivity contribution >= 4 is 38.2 Å². The maximum absolute atomic E-state index is 10.6. The van der Waals surface area contributed by atoms with Crippen molar-refractivity contribution < 1.29 is 30.8 Å². The Morgan fingerprint density at radius 1 is 1.08 bits per heavy atom. The summed E-state index contributed by atoms with van der Waals surface area (Å²) in [6.07, 6.45) is -6.53. The average Bonchev–Trinajstić information content (AvgIpc) is 2.25. The van der Waals surface area contributed by atoms with Gasteiger partial charge in [0.25, 0.3) is 0 Å². The zero-order chi connectivity index (χ0) is 16.6. The molecular weight excluding hydrogens is 294 g/mol. The number of hydrogen-bond donors (Lipinski definition) is 2. The SMILES string of the molecule is [2H]C([2H])([Se][Se]C([2H])([2H])C([2H])([2H])C(=O)O)C([2H])([2H])C(=O)O. The van der Waals surface area contributed by atoms with E-state index in [1.54, 1.807) is 0 Å². The van der Waals surface area contributed by atoms with E-state index >= 15 is 0 Å². The normalized spacial score (nSPS) is 24.3. The number of carboxylic acids is 2. The van der Waals surface area contributed by atoms with Crippen LogP contribution in [0.25, 0.3) is 0 Å². The Hall–Kier alpha value is -0.0210. The van der Waals surface area contributed by atoms with Crippen molar-refractivity contribution in [1.82, 2.24) is 0 Å². The fourth-order valence-electron chi connectivity index (χ4n) is 0.171. The molecule has 0 aromatic heterocycles. The van der Waals surface area contributed by atoms with E-state index in [9.17, 15) is 9.59 Å². The Morgan fingerprint density at radius 3 is 1.67 bits per heavy atom. The Balaban J connectivity index is 5.11. The van der Waals surface area contributed by atoms with Gasteiger partial charge in [-0.1, -0.05) is 0 Å². The molecular formula is C6H10O4Se2. The van der Waals surface area contributed by atoms with Crippen LogP contribution in [0, 0.1) is 0 Å². The molecule has 0 amide bonds. The van der Waals surface area contributed by atoms with Gasteiger partial charge in [-0.2, -0.15) is 0 Å². The van der Waals surface area contributed by atoms with Gasteiger partial charge in [0.2, 0.25) is 0 Å². The van der Waals surface area contributed by atoms with Gasteiger partial charge in [0.05, 0.1) is 0 Å². The van der Waals surface area contributed by atoms with Gasteiger partial charge in [0, 0.05) is 0 Å². The molecule has 0 heterocycles. The summed E-state index contributed by atoms with van der Waals surface area (Å²) in [5, 5.41) is 11.4. The third kappa shape index (κ3) is 9.98. The van der Waals surface area contributed by atoms with Crippen LogP contribution >= 0.6 is 0 Å². The van der Waals surface area contributed by atoms with Gasteiger partial charge in [-0.15, -0.1) is 0 Å². The van der Waals surface area contributed by atoms with E-state index in [1.807, 2.05) is 0 Å². The molecule has 0 unspecified atom stereocenters. The van der Waals surface area contributed by atoms with Crippen LogP contribution in [0.15, 0.2) is 0 Å². The number of hydrogen-bond acceptors (Lipinski definition) is 2. The third-order valence-corrected chi connectivity index (χ3v) is 4.12. The summed E-state index contributed by atoms with van der Waals surface area (Å²) in [6, 6.07) is 0. The van der Waals surface area contributed by atoms with E-state index in [1.165, 1.54) is 0 Å². The van der Waals surface area contributed by atoms with Crippen molar-refractivity contribution in [1.29, 1.82) is 0 Å². The standard InChI is InChI=1S/C6H10O4Se2/c7-5(8)1-3-11-12-4-2-6(9)10/h1-4H2,(H,7,8)(H,9,10)/i1D2,2D2,3D2,4D2. The molecule has 0 rings (SSSR count). The van der Waals surface area contributed by atoms with Crippen LogP contribution in [0.4, 0.5) is 0 Å². The summed E-state index contributed by atoms with van der Waals surface area (Å²) in [4.78, 5) is 21.3. The predicted octanol–water partition coefficient (Wildman–Crippen LogP) is 0.0958. The van der Waals surface area contributed by atoms with Gasteiger partial charge in [-0.3, -0.25) is 0 Å². The minimum absolute atomic E-state index is 1.58. The monoisotopic (exact) mass is 314 g/mol. The first kappa shape index (κ1) is 4.01. The van der Waals surface area contributed by atoms with Gasteiger partial charge in [-0.25, -0.2) is 0 Å². The number of aliphatic carboxylic acids is 2. The van der Waals surface area contributed by atoms with Gasteiger partial charge < -0.3 is 0 Å². The van der Waals surface area contributed by atoms with Gasteiger partial charge in [0.1, 0.15) is 0 Å². The van der Waals surface area contributed by atoms with Crippen molar-refractivity contribution in [3.05, 3.63) is 0 Å². The fourth-order valence-corrected chi connectivity index (χ4v) is 2.70. The first-order chi connectivity index (χ1) is 8.59. The van der Waals surface area contributed by atoms with E-state index in [2.05, 4.69) is 0 Å². The van der Waals surface area contributed by atoms with Crippen molar-refractivity contribution in [3.8, 4) is 0 Å². The molecule has 0 aliphatic heterocycles. The summed E-state index contributed by atoms with van der Waals surface area (Å²) in [7, 11) is 0. The van der Waals surface area contributed by atoms with Crippen LogP contribution < -0.4 is 0 Å². The van der Waals surface area contributed by atoms with Crippen molar-refractivity contribution in [2.24, 2.45) is 0 Å². The maximum atomic E-state index is 10.6. The molecule has 2 N–H and O–H groups in total. The first-order valence-electron chi connectivity index (χ1n) is 6.43. The Kier molecular flexibility index (Phi) is 2.55. The molecule has 6 heteroatoms. The van der Waals surface area contributed by atoms with E-state index in [0.717, 1.165) is 0 Å². The van der Waals surface area contributed by atoms with Gasteiger partial charge in [0.15, 0.2) is 0 Å². The quantitative estimate of drug-likeness (QED) is 0.654. The van der Waals surface area contributed by atoms with E-state index in [0.29, 0.717) is 0 Å². The molecule has 0 saturated heterocycles. The second kappa shape index (κ2) is 7.62. The Bertz CT molecular complexity index is 374. The second-order valence-electron chi connectivity index (χ2n) is 1.23. The summed E-state index contributed by atoms with van der Waals surface area (Å²) >= 11 is -3.15. The van der Waals surface area contributed by atoms with Crippen LogP contribution in [0.1, 0.15) is 23.7 Å². The molecule has 4 nitrogen and oxygen atoms in total. The van der Waals surface area contributed by atoms with Crippen LogP contribution in [0.2, 0.25) is 10.5 Å². The molecule has 0 bridgehead atoms. The number of carbonyl (C=O) groups is 2. The van der Waals surface area contributed by atoms with Crippen LogP contribution in [-0.2, 0) is 9.59 Å². The van der Waals surface area contributed by atoms with E-state index < -0.39 is 61.5 Å². The van der Waals surface area contributed by atoms with Gasteiger partial charge >= 0.3 is 92.3 Å². The van der Waals surface area contributed by atoms with Crippen LogP contribution in [0.5, 0.6) is 0 Å². The predicted molar refractivity (Wildman–Crippen MR) is 45.6 cm³/mol. The molecule has 0 saturated carbocycles. The van der Waals surface area contributed by atoms with Crippen molar-refractivity contribution in [2.45, 2.75) is 23.3 Å². The second-order valence-corrected chi connectivity index (χ2v) is 6.42. The molecule has 70 valence electrons. The fraction of sp³-hybridized carbons (Fsp3) is 0.667. The molecule has 0 aromatic carbocycles. The zero-order valence-electron chi connectivity index (χ0n) is 13.5. The summed E-state index contributed by atoms with van der Waals surface area (Å²) < 4.78 is 57.9. The van der Waals surface area contributed by atoms with Crippen molar-refractivity contribution in [2.75, 3.05) is 0 Å². The van der Waals surface area contributed by atoms with Crippen LogP contribution in [-0.4, -0.2) is 48.4 Å². The first-order valence-corrected chi connectivity index (χ1v) is 8.48. The number of rotatable bonds is 7. The third-order valence-electron chi connectivity index (χ3n) is 0.441. The Morgan fingerprint density at radius 2 is 1.42 bits per heavy atom. The molecule has 0 aliphatic carbocycles. The van der Waals surface area contributed by atoms with E-state index in [4.69, 9.17) is 21.2 Å². The molecule has 0 aromatic rings. The molecule has 0 spiro atoms. The topological polar surface area (TPSA) is 74.6 Å². The summed E-state index contributed by atoms with van der Waals surface area (Å²) in [5.41, 5.74) is 0. The summed E-state index contributed by atoms with van der Waals surface area (Å²) in [5.74, 6) is -4.11.